The average Bonchev–Trinajstić information content (AvgIpc) is 2.91. The number of hydrogen-bond donors (Lipinski definition) is 2. The van der Waals surface area contributed by atoms with Crippen LogP contribution in [0.25, 0.3) is 0 Å². The smallest absolute Gasteiger partial charge is 0.295 e. The van der Waals surface area contributed by atoms with Crippen molar-refractivity contribution in [1.82, 2.24) is 15.2 Å². The molecule has 2 N–H and O–H groups in total. The maximum atomic E-state index is 12.2. The number of halogens is 2. The van der Waals surface area contributed by atoms with Crippen LogP contribution in [0.15, 0.2) is 16.6 Å². The highest BCUT2D eigenvalue weighted by Crippen LogP contribution is 2.36. The summed E-state index contributed by atoms with van der Waals surface area (Å²) in [7, 11) is 0. The summed E-state index contributed by atoms with van der Waals surface area (Å²) in [5.41, 5.74) is 0.462. The Bertz CT molecular complexity index is 660. The second kappa shape index (κ2) is 6.91. The molecule has 1 amide bonds. The van der Waals surface area contributed by atoms with Crippen LogP contribution in [-0.2, 0) is 6.42 Å². The van der Waals surface area contributed by atoms with E-state index in [2.05, 4.69) is 36.4 Å². The lowest BCUT2D eigenvalue weighted by atomic mass is 10.3. The summed E-state index contributed by atoms with van der Waals surface area (Å²) in [6, 6.07) is 3.31. The van der Waals surface area contributed by atoms with E-state index < -0.39 is 5.91 Å². The second-order valence-corrected chi connectivity index (χ2v) is 5.40. The number of anilines is 1. The normalized spacial score (nSPS) is 10.5. The molecule has 0 aliphatic rings. The molecule has 0 atom stereocenters. The number of ether oxygens (including phenoxy) is 1. The van der Waals surface area contributed by atoms with Gasteiger partial charge in [0.1, 0.15) is 5.82 Å². The molecule has 0 saturated heterocycles. The van der Waals surface area contributed by atoms with E-state index in [4.69, 9.17) is 16.3 Å². The van der Waals surface area contributed by atoms with Gasteiger partial charge in [-0.2, -0.15) is 0 Å². The Morgan fingerprint density at radius 2 is 2.24 bits per heavy atom. The highest BCUT2D eigenvalue weighted by atomic mass is 79.9. The van der Waals surface area contributed by atoms with Gasteiger partial charge in [0.15, 0.2) is 5.75 Å². The minimum absolute atomic E-state index is 0.0744. The fraction of sp³-hybridized carbons (Fsp3) is 0.308. The van der Waals surface area contributed by atoms with Crippen LogP contribution < -0.4 is 10.1 Å². The lowest BCUT2D eigenvalue weighted by molar-refractivity contribution is 0.101. The van der Waals surface area contributed by atoms with E-state index in [9.17, 15) is 4.79 Å². The molecular weight excluding hydrogens is 360 g/mol. The lowest BCUT2D eigenvalue weighted by Gasteiger charge is -2.13. The third kappa shape index (κ3) is 3.74. The van der Waals surface area contributed by atoms with E-state index in [1.807, 2.05) is 13.8 Å². The van der Waals surface area contributed by atoms with Crippen LogP contribution in [0.2, 0.25) is 5.02 Å². The summed E-state index contributed by atoms with van der Waals surface area (Å²) in [5, 5.41) is 9.75. The van der Waals surface area contributed by atoms with Gasteiger partial charge in [0, 0.05) is 11.4 Å². The first-order valence-corrected chi connectivity index (χ1v) is 7.56. The van der Waals surface area contributed by atoms with Gasteiger partial charge in [-0.1, -0.05) is 18.5 Å². The summed E-state index contributed by atoms with van der Waals surface area (Å²) in [6.45, 7) is 4.24. The van der Waals surface area contributed by atoms with Crippen LogP contribution in [0.1, 0.15) is 30.3 Å². The molecule has 0 bridgehead atoms. The van der Waals surface area contributed by atoms with E-state index in [-0.39, 0.29) is 5.82 Å². The highest BCUT2D eigenvalue weighted by Gasteiger charge is 2.17. The summed E-state index contributed by atoms with van der Waals surface area (Å²) in [6.07, 6.45) is 0.674. The third-order valence-electron chi connectivity index (χ3n) is 2.61. The number of aromatic amines is 1. The van der Waals surface area contributed by atoms with Gasteiger partial charge in [-0.25, -0.2) is 4.98 Å². The van der Waals surface area contributed by atoms with Crippen LogP contribution in [-0.4, -0.2) is 27.7 Å². The van der Waals surface area contributed by atoms with Gasteiger partial charge in [-0.15, -0.1) is 5.10 Å². The Hall–Kier alpha value is -1.60. The molecule has 0 radical (unpaired) electrons. The molecule has 2 rings (SSSR count). The molecule has 112 valence electrons. The molecule has 1 aromatic carbocycles. The first kappa shape index (κ1) is 15.8. The second-order valence-electron chi connectivity index (χ2n) is 4.11. The summed E-state index contributed by atoms with van der Waals surface area (Å²) < 4.78 is 6.18. The molecule has 0 aliphatic carbocycles. The van der Waals surface area contributed by atoms with Crippen LogP contribution in [0, 0.1) is 0 Å². The third-order valence-corrected chi connectivity index (χ3v) is 3.42. The standard InChI is InChI=1S/C13H14BrClN4O2/c1-3-10-17-12(19-18-10)13(20)16-9-6-7(15)5-8(14)11(9)21-4-2/h5-6H,3-4H2,1-2H3,(H,16,20)(H,17,18,19). The summed E-state index contributed by atoms with van der Waals surface area (Å²) in [5.74, 6) is 0.811. The zero-order valence-electron chi connectivity index (χ0n) is 11.5. The van der Waals surface area contributed by atoms with Gasteiger partial charge < -0.3 is 10.1 Å². The van der Waals surface area contributed by atoms with Gasteiger partial charge >= 0.3 is 0 Å². The first-order chi connectivity index (χ1) is 10.0. The average molecular weight is 374 g/mol. The number of nitrogens with one attached hydrogen (secondary N) is 2. The molecule has 0 fully saturated rings. The predicted octanol–water partition coefficient (Wildman–Crippen LogP) is 3.43. The fourth-order valence-corrected chi connectivity index (χ4v) is 2.60. The van der Waals surface area contributed by atoms with Gasteiger partial charge in [0.05, 0.1) is 16.8 Å². The van der Waals surface area contributed by atoms with Gasteiger partial charge in [0.2, 0.25) is 5.82 Å². The van der Waals surface area contributed by atoms with Crippen LogP contribution >= 0.6 is 27.5 Å². The Morgan fingerprint density at radius 3 is 2.86 bits per heavy atom. The highest BCUT2D eigenvalue weighted by molar-refractivity contribution is 9.10. The van der Waals surface area contributed by atoms with Gasteiger partial charge in [-0.3, -0.25) is 9.89 Å². The van der Waals surface area contributed by atoms with Crippen LogP contribution in [0.4, 0.5) is 5.69 Å². The number of nitrogens with zero attached hydrogens (tertiary/aromatic N) is 2. The maximum absolute atomic E-state index is 12.2. The number of carbonyl (C=O) groups excluding carboxylic acids is 1. The minimum atomic E-state index is -0.430. The van der Waals surface area contributed by atoms with Crippen molar-refractivity contribution in [3.63, 3.8) is 0 Å². The topological polar surface area (TPSA) is 79.9 Å². The predicted molar refractivity (Wildman–Crippen MR) is 84.0 cm³/mol. The fourth-order valence-electron chi connectivity index (χ4n) is 1.68. The number of benzene rings is 1. The van der Waals surface area contributed by atoms with Crippen molar-refractivity contribution in [1.29, 1.82) is 0 Å². The van der Waals surface area contributed by atoms with Crippen LogP contribution in [0.3, 0.4) is 0 Å². The van der Waals surface area contributed by atoms with Crippen molar-refractivity contribution in [3.05, 3.63) is 33.3 Å². The number of carbonyl (C=O) groups is 1. The zero-order valence-corrected chi connectivity index (χ0v) is 13.9. The van der Waals surface area contributed by atoms with Crippen LogP contribution in [0.5, 0.6) is 5.75 Å². The number of rotatable bonds is 5. The van der Waals surface area contributed by atoms with Crippen molar-refractivity contribution >= 4 is 39.1 Å². The Labute approximate surface area is 135 Å². The van der Waals surface area contributed by atoms with E-state index in [1.54, 1.807) is 12.1 Å². The monoisotopic (exact) mass is 372 g/mol. The number of amides is 1. The maximum Gasteiger partial charge on any atom is 0.295 e. The number of hydrogen-bond acceptors (Lipinski definition) is 4. The lowest BCUT2D eigenvalue weighted by Crippen LogP contribution is -2.15. The molecule has 0 unspecified atom stereocenters. The first-order valence-electron chi connectivity index (χ1n) is 6.39. The summed E-state index contributed by atoms with van der Waals surface area (Å²) in [4.78, 5) is 16.2. The van der Waals surface area contributed by atoms with E-state index >= 15 is 0 Å². The molecule has 6 nitrogen and oxygen atoms in total. The molecule has 21 heavy (non-hydrogen) atoms. The van der Waals surface area contributed by atoms with Crippen molar-refractivity contribution in [3.8, 4) is 5.75 Å². The van der Waals surface area contributed by atoms with Crippen molar-refractivity contribution < 1.29 is 9.53 Å². The van der Waals surface area contributed by atoms with Gasteiger partial charge in [-0.05, 0) is 35.0 Å². The van der Waals surface area contributed by atoms with Gasteiger partial charge in [0.25, 0.3) is 5.91 Å². The Morgan fingerprint density at radius 1 is 1.48 bits per heavy atom. The van der Waals surface area contributed by atoms with E-state index in [1.165, 1.54) is 0 Å². The minimum Gasteiger partial charge on any atom is -0.491 e. The van der Waals surface area contributed by atoms with E-state index in [0.717, 1.165) is 0 Å². The Balaban J connectivity index is 2.27. The Kier molecular flexibility index (Phi) is 5.19. The quantitative estimate of drug-likeness (QED) is 0.841. The zero-order chi connectivity index (χ0) is 15.4. The van der Waals surface area contributed by atoms with Crippen molar-refractivity contribution in [2.75, 3.05) is 11.9 Å². The molecule has 8 heteroatoms. The largest absolute Gasteiger partial charge is 0.491 e. The van der Waals surface area contributed by atoms with Crippen molar-refractivity contribution in [2.45, 2.75) is 20.3 Å². The molecule has 1 aromatic heterocycles. The molecule has 2 aromatic rings. The van der Waals surface area contributed by atoms with Crippen molar-refractivity contribution in [2.24, 2.45) is 0 Å². The molecule has 0 spiro atoms. The SMILES string of the molecule is CCOc1c(Br)cc(Cl)cc1NC(=O)c1n[nH]c(CC)n1. The van der Waals surface area contributed by atoms with E-state index in [0.29, 0.717) is 39.8 Å². The number of aryl methyl sites for hydroxylation is 1. The molecule has 0 saturated carbocycles. The number of H-pyrrole nitrogens is 1. The molecule has 0 aliphatic heterocycles. The molecule has 1 heterocycles. The number of aromatic nitrogens is 3. The summed E-state index contributed by atoms with van der Waals surface area (Å²) >= 11 is 9.37. The molecular formula is C13H14BrClN4O2.